The van der Waals surface area contributed by atoms with Gasteiger partial charge in [-0.3, -0.25) is 0 Å². The second kappa shape index (κ2) is 8.21. The number of unbranched alkanes of at least 4 members (excludes halogenated alkanes) is 1. The predicted octanol–water partition coefficient (Wildman–Crippen LogP) is 1.34. The van der Waals surface area contributed by atoms with Crippen molar-refractivity contribution in [2.75, 3.05) is 40.4 Å². The highest BCUT2D eigenvalue weighted by atomic mass is 16.5. The van der Waals surface area contributed by atoms with E-state index in [0.29, 0.717) is 0 Å². The van der Waals surface area contributed by atoms with Gasteiger partial charge in [-0.05, 0) is 39.4 Å². The zero-order valence-corrected chi connectivity index (χ0v) is 8.88. The van der Waals surface area contributed by atoms with E-state index in [1.807, 2.05) is 0 Å². The van der Waals surface area contributed by atoms with Gasteiger partial charge in [0.2, 0.25) is 0 Å². The second-order valence-corrected chi connectivity index (χ2v) is 3.83. The Morgan fingerprint density at radius 1 is 1.43 bits per heavy atom. The number of hydrogen-bond acceptors (Lipinski definition) is 3. The topological polar surface area (TPSA) is 24.5 Å². The van der Waals surface area contributed by atoms with Gasteiger partial charge in [0.1, 0.15) is 0 Å². The summed E-state index contributed by atoms with van der Waals surface area (Å²) in [5.41, 5.74) is 0. The van der Waals surface area contributed by atoms with Crippen LogP contribution in [-0.2, 0) is 4.74 Å². The van der Waals surface area contributed by atoms with E-state index in [1.165, 1.54) is 38.9 Å². The Balaban J connectivity index is 0.00000169. The van der Waals surface area contributed by atoms with Gasteiger partial charge >= 0.3 is 0 Å². The molecule has 0 spiro atoms. The lowest BCUT2D eigenvalue weighted by Crippen LogP contribution is -2.34. The number of ether oxygens (including phenoxy) is 1. The van der Waals surface area contributed by atoms with Crippen LogP contribution >= 0.6 is 0 Å². The van der Waals surface area contributed by atoms with Gasteiger partial charge in [0.05, 0.1) is 0 Å². The number of methoxy groups -OCH3 is 1. The second-order valence-electron chi connectivity index (χ2n) is 3.83. The maximum atomic E-state index is 5.02. The molecule has 3 nitrogen and oxygen atoms in total. The first-order valence-corrected chi connectivity index (χ1v) is 5.24. The van der Waals surface area contributed by atoms with Gasteiger partial charge in [0, 0.05) is 26.3 Å². The maximum absolute atomic E-state index is 5.02. The fourth-order valence-corrected chi connectivity index (χ4v) is 1.81. The lowest BCUT2D eigenvalue weighted by Gasteiger charge is -2.23. The summed E-state index contributed by atoms with van der Waals surface area (Å²) < 4.78 is 5.02. The van der Waals surface area contributed by atoms with E-state index in [2.05, 4.69) is 17.3 Å². The zero-order chi connectivity index (χ0) is 9.52. The normalized spacial score (nSPS) is 21.2. The van der Waals surface area contributed by atoms with E-state index in [0.717, 1.165) is 12.6 Å². The van der Waals surface area contributed by atoms with Gasteiger partial charge in [-0.1, -0.05) is 7.43 Å². The van der Waals surface area contributed by atoms with E-state index in [4.69, 9.17) is 4.74 Å². The first kappa shape index (κ1) is 13.9. The molecule has 1 N–H and O–H groups in total. The van der Waals surface area contributed by atoms with Gasteiger partial charge in [0.25, 0.3) is 0 Å². The van der Waals surface area contributed by atoms with Crippen LogP contribution in [0.15, 0.2) is 0 Å². The Bertz CT molecular complexity index is 124. The molecule has 1 aliphatic heterocycles. The molecule has 0 radical (unpaired) electrons. The highest BCUT2D eigenvalue weighted by Crippen LogP contribution is 2.06. The minimum atomic E-state index is 0. The van der Waals surface area contributed by atoms with E-state index >= 15 is 0 Å². The van der Waals surface area contributed by atoms with Crippen LogP contribution in [0, 0.1) is 0 Å². The minimum Gasteiger partial charge on any atom is -0.385 e. The van der Waals surface area contributed by atoms with Crippen molar-refractivity contribution in [3.8, 4) is 0 Å². The van der Waals surface area contributed by atoms with Crippen molar-refractivity contribution in [1.29, 1.82) is 0 Å². The average Bonchev–Trinajstić information content (AvgIpc) is 2.65. The molecule has 0 aromatic carbocycles. The lowest BCUT2D eigenvalue weighted by molar-refractivity contribution is 0.182. The maximum Gasteiger partial charge on any atom is 0.0462 e. The van der Waals surface area contributed by atoms with Crippen LogP contribution < -0.4 is 5.32 Å². The minimum absolute atomic E-state index is 0. The summed E-state index contributed by atoms with van der Waals surface area (Å²) in [4.78, 5) is 2.47. The molecule has 1 atom stereocenters. The van der Waals surface area contributed by atoms with Crippen molar-refractivity contribution in [2.45, 2.75) is 32.7 Å². The van der Waals surface area contributed by atoms with Crippen molar-refractivity contribution < 1.29 is 4.74 Å². The van der Waals surface area contributed by atoms with Crippen LogP contribution in [0.1, 0.15) is 26.7 Å². The third-order valence-corrected chi connectivity index (χ3v) is 2.77. The summed E-state index contributed by atoms with van der Waals surface area (Å²) in [6.07, 6.45) is 3.74. The fraction of sp³-hybridized carbons (Fsp3) is 1.00. The van der Waals surface area contributed by atoms with E-state index < -0.39 is 0 Å². The van der Waals surface area contributed by atoms with Crippen molar-refractivity contribution >= 4 is 0 Å². The monoisotopic (exact) mass is 202 g/mol. The van der Waals surface area contributed by atoms with E-state index in [-0.39, 0.29) is 7.43 Å². The molecule has 1 rings (SSSR count). The van der Waals surface area contributed by atoms with Gasteiger partial charge in [-0.2, -0.15) is 0 Å². The van der Waals surface area contributed by atoms with E-state index in [1.54, 1.807) is 7.11 Å². The van der Waals surface area contributed by atoms with Gasteiger partial charge in [-0.25, -0.2) is 0 Å². The number of nitrogens with one attached hydrogen (secondary N) is 1. The first-order chi connectivity index (χ1) is 6.34. The van der Waals surface area contributed by atoms with Crippen molar-refractivity contribution in [3.63, 3.8) is 0 Å². The smallest absolute Gasteiger partial charge is 0.0462 e. The summed E-state index contributed by atoms with van der Waals surface area (Å²) in [5, 5.41) is 3.39. The third-order valence-electron chi connectivity index (χ3n) is 2.77. The van der Waals surface area contributed by atoms with Gasteiger partial charge in [0.15, 0.2) is 0 Å². The number of rotatable bonds is 6. The first-order valence-electron chi connectivity index (χ1n) is 5.24. The zero-order valence-electron chi connectivity index (χ0n) is 8.88. The van der Waals surface area contributed by atoms with E-state index in [9.17, 15) is 0 Å². The predicted molar refractivity (Wildman–Crippen MR) is 61.7 cm³/mol. The number of nitrogens with zero attached hydrogens (tertiary/aromatic N) is 1. The molecule has 0 aliphatic carbocycles. The Labute approximate surface area is 88.8 Å². The van der Waals surface area contributed by atoms with Crippen molar-refractivity contribution in [2.24, 2.45) is 0 Å². The van der Waals surface area contributed by atoms with Gasteiger partial charge < -0.3 is 15.0 Å². The molecule has 0 amide bonds. The molecule has 0 aromatic heterocycles. The van der Waals surface area contributed by atoms with Crippen LogP contribution in [-0.4, -0.2) is 51.3 Å². The molecule has 1 fully saturated rings. The molecule has 0 saturated carbocycles. The molecule has 3 heteroatoms. The highest BCUT2D eigenvalue weighted by Gasteiger charge is 2.17. The van der Waals surface area contributed by atoms with Gasteiger partial charge in [-0.15, -0.1) is 0 Å². The molecule has 0 aromatic rings. The molecular formula is C11H26N2O. The lowest BCUT2D eigenvalue weighted by atomic mass is 10.2. The largest absolute Gasteiger partial charge is 0.385 e. The summed E-state index contributed by atoms with van der Waals surface area (Å²) in [6.45, 7) is 4.46. The molecule has 0 bridgehead atoms. The standard InChI is InChI=1S/C10H22N2O.CH4/c1-12(7-3-4-8-13-2)10-5-6-11-9-10;/h10-11H,3-9H2,1-2H3;1H4/t10-;/m1./s1. The van der Waals surface area contributed by atoms with Crippen molar-refractivity contribution in [3.05, 3.63) is 0 Å². The fourth-order valence-electron chi connectivity index (χ4n) is 1.81. The Hall–Kier alpha value is -0.120. The number of hydrogen-bond donors (Lipinski definition) is 1. The summed E-state index contributed by atoms with van der Waals surface area (Å²) in [6, 6.07) is 0.766. The van der Waals surface area contributed by atoms with Crippen LogP contribution in [0.4, 0.5) is 0 Å². The molecular weight excluding hydrogens is 176 g/mol. The van der Waals surface area contributed by atoms with Crippen molar-refractivity contribution in [1.82, 2.24) is 10.2 Å². The van der Waals surface area contributed by atoms with Crippen LogP contribution in [0.5, 0.6) is 0 Å². The number of likely N-dealkylation sites (N-methyl/N-ethyl adjacent to an activating group) is 1. The quantitative estimate of drug-likeness (QED) is 0.658. The van der Waals surface area contributed by atoms with Crippen LogP contribution in [0.3, 0.4) is 0 Å². The molecule has 1 aliphatic rings. The SMILES string of the molecule is C.COCCCCN(C)[C@@H]1CCNC1. The van der Waals surface area contributed by atoms with Crippen LogP contribution in [0.2, 0.25) is 0 Å². The summed E-state index contributed by atoms with van der Waals surface area (Å²) in [7, 11) is 4.00. The summed E-state index contributed by atoms with van der Waals surface area (Å²) >= 11 is 0. The average molecular weight is 202 g/mol. The Morgan fingerprint density at radius 2 is 2.21 bits per heavy atom. The summed E-state index contributed by atoms with van der Waals surface area (Å²) in [5.74, 6) is 0. The molecule has 86 valence electrons. The third kappa shape index (κ3) is 4.94. The Morgan fingerprint density at radius 3 is 2.79 bits per heavy atom. The Kier molecular flexibility index (Phi) is 8.14. The molecule has 14 heavy (non-hydrogen) atoms. The molecule has 0 unspecified atom stereocenters. The highest BCUT2D eigenvalue weighted by molar-refractivity contribution is 4.78. The molecule has 1 heterocycles. The van der Waals surface area contributed by atoms with Crippen LogP contribution in [0.25, 0.3) is 0 Å². The molecule has 1 saturated heterocycles.